The van der Waals surface area contributed by atoms with Crippen LogP contribution in [0.5, 0.6) is 0 Å². The molecule has 0 N–H and O–H groups in total. The van der Waals surface area contributed by atoms with Crippen LogP contribution >= 0.6 is 0 Å². The summed E-state index contributed by atoms with van der Waals surface area (Å²) < 4.78 is 4.88. The molecule has 0 saturated heterocycles. The number of carboxylic acid groups (broad SMARTS) is 2. The molecule has 0 aliphatic rings. The fourth-order valence-electron chi connectivity index (χ4n) is 1.42. The molecule has 0 unspecified atom stereocenters. The fraction of sp³-hybridized carbons (Fsp3) is 0.308. The summed E-state index contributed by atoms with van der Waals surface area (Å²) in [7, 11) is 3.55. The number of rotatable bonds is 6. The van der Waals surface area contributed by atoms with E-state index in [-0.39, 0.29) is 17.7 Å². The molecule has 1 aromatic rings. The van der Waals surface area contributed by atoms with Crippen LogP contribution in [0.1, 0.15) is 31.1 Å². The fourth-order valence-corrected chi connectivity index (χ4v) is 1.42. The highest BCUT2D eigenvalue weighted by Crippen LogP contribution is 2.13. The molecule has 20 heavy (non-hydrogen) atoms. The summed E-state index contributed by atoms with van der Waals surface area (Å²) in [6.07, 6.45) is 0. The number of aromatic carboxylic acids is 2. The van der Waals surface area contributed by atoms with Crippen LogP contribution in [-0.2, 0) is 4.74 Å². The van der Waals surface area contributed by atoms with Gasteiger partial charge in [0.2, 0.25) is 0 Å². The maximum atomic E-state index is 11.8. The van der Waals surface area contributed by atoms with Crippen LogP contribution in [0.15, 0.2) is 18.2 Å². The van der Waals surface area contributed by atoms with Gasteiger partial charge in [-0.25, -0.2) is 4.79 Å². The van der Waals surface area contributed by atoms with E-state index in [9.17, 15) is 24.6 Å². The van der Waals surface area contributed by atoms with E-state index in [1.807, 2.05) is 0 Å². The Labute approximate surface area is 115 Å². The van der Waals surface area contributed by atoms with Gasteiger partial charge in [0.05, 0.1) is 17.5 Å². The number of likely N-dealkylation sites (N-methyl/N-ethyl adjacent to an activating group) is 1. The molecule has 0 saturated carbocycles. The Hall–Kier alpha value is -2.41. The highest BCUT2D eigenvalue weighted by atomic mass is 16.5. The van der Waals surface area contributed by atoms with Crippen molar-refractivity contribution >= 4 is 17.9 Å². The van der Waals surface area contributed by atoms with E-state index in [2.05, 4.69) is 0 Å². The molecule has 7 heteroatoms. The average Bonchev–Trinajstić information content (AvgIpc) is 2.37. The quantitative estimate of drug-likeness (QED) is 0.561. The predicted octanol–water partition coefficient (Wildman–Crippen LogP) is -1.87. The molecule has 0 aliphatic heterocycles. The molecule has 108 valence electrons. The molecule has 0 bridgehead atoms. The van der Waals surface area contributed by atoms with Crippen molar-refractivity contribution in [3.63, 3.8) is 0 Å². The van der Waals surface area contributed by atoms with Gasteiger partial charge in [-0.1, -0.05) is 12.1 Å². The molecular weight excluding hydrogens is 266 g/mol. The molecular formula is C13H13NO6-2. The van der Waals surface area contributed by atoms with Crippen molar-refractivity contribution in [2.24, 2.45) is 0 Å². The van der Waals surface area contributed by atoms with Crippen molar-refractivity contribution in [2.45, 2.75) is 0 Å². The van der Waals surface area contributed by atoms with Gasteiger partial charge < -0.3 is 29.4 Å². The average molecular weight is 279 g/mol. The Balaban J connectivity index is 3.00. The van der Waals surface area contributed by atoms with Gasteiger partial charge in [0, 0.05) is 12.1 Å². The number of carbonyl (C=O) groups is 3. The van der Waals surface area contributed by atoms with Crippen molar-refractivity contribution in [2.75, 3.05) is 27.2 Å². The van der Waals surface area contributed by atoms with Crippen LogP contribution in [0.25, 0.3) is 0 Å². The van der Waals surface area contributed by atoms with Crippen LogP contribution in [0, 0.1) is 0 Å². The van der Waals surface area contributed by atoms with Gasteiger partial charge in [-0.15, -0.1) is 0 Å². The van der Waals surface area contributed by atoms with E-state index >= 15 is 0 Å². The van der Waals surface area contributed by atoms with Crippen molar-refractivity contribution in [1.29, 1.82) is 0 Å². The summed E-state index contributed by atoms with van der Waals surface area (Å²) in [5.74, 6) is -4.03. The lowest BCUT2D eigenvalue weighted by atomic mass is 10.0. The molecule has 7 nitrogen and oxygen atoms in total. The van der Waals surface area contributed by atoms with E-state index in [1.165, 1.54) is 0 Å². The lowest BCUT2D eigenvalue weighted by molar-refractivity contribution is -0.256. The Bertz CT molecular complexity index is 538. The third-order valence-corrected chi connectivity index (χ3v) is 2.47. The minimum atomic E-state index is -1.59. The van der Waals surface area contributed by atoms with Crippen molar-refractivity contribution < 1.29 is 29.3 Å². The van der Waals surface area contributed by atoms with Crippen LogP contribution in [-0.4, -0.2) is 50.1 Å². The molecule has 0 aliphatic carbocycles. The first-order valence-corrected chi connectivity index (χ1v) is 5.71. The summed E-state index contributed by atoms with van der Waals surface area (Å²) >= 11 is 0. The van der Waals surface area contributed by atoms with Crippen molar-refractivity contribution in [1.82, 2.24) is 4.90 Å². The number of hydrogen-bond acceptors (Lipinski definition) is 7. The zero-order valence-electron chi connectivity index (χ0n) is 11.0. The van der Waals surface area contributed by atoms with Gasteiger partial charge in [0.1, 0.15) is 6.61 Å². The Kier molecular flexibility index (Phi) is 5.22. The third kappa shape index (κ3) is 4.06. The van der Waals surface area contributed by atoms with Crippen LogP contribution < -0.4 is 10.2 Å². The number of hydrogen-bond donors (Lipinski definition) is 0. The SMILES string of the molecule is CN(C)CCOC(=O)c1cc(C(=O)[O-])ccc1C(=O)[O-]. The number of benzene rings is 1. The molecule has 0 heterocycles. The third-order valence-electron chi connectivity index (χ3n) is 2.47. The predicted molar refractivity (Wildman–Crippen MR) is 63.9 cm³/mol. The highest BCUT2D eigenvalue weighted by molar-refractivity contribution is 6.03. The number of carbonyl (C=O) groups excluding carboxylic acids is 3. The van der Waals surface area contributed by atoms with Gasteiger partial charge >= 0.3 is 5.97 Å². The summed E-state index contributed by atoms with van der Waals surface area (Å²) in [5, 5.41) is 21.6. The van der Waals surface area contributed by atoms with Crippen molar-refractivity contribution in [3.8, 4) is 0 Å². The zero-order chi connectivity index (χ0) is 15.3. The summed E-state index contributed by atoms with van der Waals surface area (Å²) in [6.45, 7) is 0.500. The van der Waals surface area contributed by atoms with E-state index in [0.29, 0.717) is 6.54 Å². The summed E-state index contributed by atoms with van der Waals surface area (Å²) in [5.41, 5.74) is -1.11. The molecule has 1 rings (SSSR count). The smallest absolute Gasteiger partial charge is 0.338 e. The number of carboxylic acids is 2. The molecule has 0 spiro atoms. The van der Waals surface area contributed by atoms with Gasteiger partial charge in [-0.3, -0.25) is 0 Å². The first-order chi connectivity index (χ1) is 9.32. The summed E-state index contributed by atoms with van der Waals surface area (Å²) in [6, 6.07) is 2.90. The van der Waals surface area contributed by atoms with E-state index in [1.54, 1.807) is 19.0 Å². The largest absolute Gasteiger partial charge is 0.545 e. The normalized spacial score (nSPS) is 10.3. The maximum Gasteiger partial charge on any atom is 0.338 e. The second-order valence-corrected chi connectivity index (χ2v) is 4.27. The van der Waals surface area contributed by atoms with E-state index in [4.69, 9.17) is 4.74 Å². The number of nitrogens with zero attached hydrogens (tertiary/aromatic N) is 1. The molecule has 0 amide bonds. The Morgan fingerprint density at radius 2 is 1.75 bits per heavy atom. The molecule has 1 aromatic carbocycles. The monoisotopic (exact) mass is 279 g/mol. The lowest BCUT2D eigenvalue weighted by Crippen LogP contribution is -2.28. The first kappa shape index (κ1) is 15.6. The molecule has 0 atom stereocenters. The maximum absolute atomic E-state index is 11.8. The minimum absolute atomic E-state index is 0.0495. The van der Waals surface area contributed by atoms with Crippen molar-refractivity contribution in [3.05, 3.63) is 34.9 Å². The standard InChI is InChI=1S/C13H15NO6/c1-14(2)5-6-20-13(19)10-7-8(11(15)16)3-4-9(10)12(17)18/h3-4,7H,5-6H2,1-2H3,(H,15,16)(H,17,18)/p-2. The van der Waals surface area contributed by atoms with Crippen LogP contribution in [0.2, 0.25) is 0 Å². The van der Waals surface area contributed by atoms with Crippen LogP contribution in [0.4, 0.5) is 0 Å². The van der Waals surface area contributed by atoms with Gasteiger partial charge in [-0.2, -0.15) is 0 Å². The topological polar surface area (TPSA) is 110 Å². The Morgan fingerprint density at radius 1 is 1.10 bits per heavy atom. The molecule has 0 fully saturated rings. The second-order valence-electron chi connectivity index (χ2n) is 4.27. The zero-order valence-corrected chi connectivity index (χ0v) is 11.0. The summed E-state index contributed by atoms with van der Waals surface area (Å²) in [4.78, 5) is 35.2. The van der Waals surface area contributed by atoms with Gasteiger partial charge in [0.25, 0.3) is 0 Å². The van der Waals surface area contributed by atoms with E-state index in [0.717, 1.165) is 18.2 Å². The number of esters is 1. The van der Waals surface area contributed by atoms with Crippen LogP contribution in [0.3, 0.4) is 0 Å². The highest BCUT2D eigenvalue weighted by Gasteiger charge is 2.15. The minimum Gasteiger partial charge on any atom is -0.545 e. The van der Waals surface area contributed by atoms with E-state index < -0.39 is 23.5 Å². The van der Waals surface area contributed by atoms with Gasteiger partial charge in [0.15, 0.2) is 0 Å². The number of ether oxygens (including phenoxy) is 1. The van der Waals surface area contributed by atoms with Gasteiger partial charge in [-0.05, 0) is 25.7 Å². The Morgan fingerprint density at radius 3 is 2.25 bits per heavy atom. The second kappa shape index (κ2) is 6.67. The molecule has 0 radical (unpaired) electrons. The molecule has 0 aromatic heterocycles. The lowest BCUT2D eigenvalue weighted by Gasteiger charge is -2.14. The first-order valence-electron chi connectivity index (χ1n) is 5.71.